The molecule has 0 fully saturated rings. The molecule has 1 aromatic carbocycles. The molecule has 1 atom stereocenters. The molecule has 2 N–H and O–H groups in total. The van der Waals surface area contributed by atoms with Crippen LogP contribution in [0.4, 0.5) is 0 Å². The van der Waals surface area contributed by atoms with Gasteiger partial charge in [0.15, 0.2) is 0 Å². The number of carbonyl (C=O) groups is 3. The zero-order chi connectivity index (χ0) is 16.8. The van der Waals surface area contributed by atoms with Gasteiger partial charge in [0.2, 0.25) is 17.7 Å². The minimum absolute atomic E-state index is 0.0253. The van der Waals surface area contributed by atoms with Crippen LogP contribution in [0.2, 0.25) is 0 Å². The second-order valence-electron chi connectivity index (χ2n) is 5.65. The van der Waals surface area contributed by atoms with Gasteiger partial charge in [0.1, 0.15) is 0 Å². The number of benzene rings is 1. The summed E-state index contributed by atoms with van der Waals surface area (Å²) in [5.41, 5.74) is 2.23. The van der Waals surface area contributed by atoms with Gasteiger partial charge in [-0.3, -0.25) is 14.4 Å². The highest BCUT2D eigenvalue weighted by Crippen LogP contribution is 2.32. The van der Waals surface area contributed by atoms with E-state index in [1.807, 2.05) is 24.3 Å². The number of hydrogen-bond acceptors (Lipinski definition) is 3. The monoisotopic (exact) mass is 317 g/mol. The number of fused-ring (bicyclic) bond motifs is 1. The highest BCUT2D eigenvalue weighted by molar-refractivity contribution is 5.80. The van der Waals surface area contributed by atoms with Crippen molar-refractivity contribution >= 4 is 17.7 Å². The van der Waals surface area contributed by atoms with Crippen LogP contribution in [0.3, 0.4) is 0 Å². The molecule has 0 radical (unpaired) electrons. The van der Waals surface area contributed by atoms with Gasteiger partial charge in [-0.25, -0.2) is 0 Å². The van der Waals surface area contributed by atoms with Crippen LogP contribution < -0.4 is 10.6 Å². The predicted molar refractivity (Wildman–Crippen MR) is 86.6 cm³/mol. The molecule has 6 nitrogen and oxygen atoms in total. The SMILES string of the molecule is CNC(=O)CCNC(=O)C[C@H]1c2ccccc2CCN1C(C)=O. The van der Waals surface area contributed by atoms with Gasteiger partial charge >= 0.3 is 0 Å². The highest BCUT2D eigenvalue weighted by Gasteiger charge is 2.30. The largest absolute Gasteiger partial charge is 0.359 e. The Bertz CT molecular complexity index is 601. The Hall–Kier alpha value is -2.37. The van der Waals surface area contributed by atoms with Crippen LogP contribution in [-0.2, 0) is 20.8 Å². The summed E-state index contributed by atoms with van der Waals surface area (Å²) in [6.07, 6.45) is 1.27. The summed E-state index contributed by atoms with van der Waals surface area (Å²) in [6.45, 7) is 2.46. The van der Waals surface area contributed by atoms with Crippen molar-refractivity contribution in [2.75, 3.05) is 20.1 Å². The van der Waals surface area contributed by atoms with Crippen molar-refractivity contribution < 1.29 is 14.4 Å². The minimum atomic E-state index is -0.238. The summed E-state index contributed by atoms with van der Waals surface area (Å²) in [6, 6.07) is 7.69. The molecular formula is C17H23N3O3. The molecule has 6 heteroatoms. The first-order valence-corrected chi connectivity index (χ1v) is 7.85. The Labute approximate surface area is 136 Å². The molecule has 3 amide bonds. The third-order valence-corrected chi connectivity index (χ3v) is 4.15. The van der Waals surface area contributed by atoms with Crippen molar-refractivity contribution in [2.24, 2.45) is 0 Å². The number of carbonyl (C=O) groups excluding carboxylic acids is 3. The quantitative estimate of drug-likeness (QED) is 0.842. The van der Waals surface area contributed by atoms with Gasteiger partial charge in [0.25, 0.3) is 0 Å². The zero-order valence-electron chi connectivity index (χ0n) is 13.6. The van der Waals surface area contributed by atoms with E-state index in [0.717, 1.165) is 12.0 Å². The third kappa shape index (κ3) is 4.31. The normalized spacial score (nSPS) is 16.4. The third-order valence-electron chi connectivity index (χ3n) is 4.15. The van der Waals surface area contributed by atoms with Gasteiger partial charge in [-0.2, -0.15) is 0 Å². The molecular weight excluding hydrogens is 294 g/mol. The molecule has 1 heterocycles. The molecule has 0 bridgehead atoms. The molecule has 1 aliphatic rings. The number of nitrogens with one attached hydrogen (secondary N) is 2. The summed E-state index contributed by atoms with van der Waals surface area (Å²) in [4.78, 5) is 37.0. The van der Waals surface area contributed by atoms with Crippen molar-refractivity contribution in [3.8, 4) is 0 Å². The zero-order valence-corrected chi connectivity index (χ0v) is 13.6. The lowest BCUT2D eigenvalue weighted by atomic mass is 9.90. The van der Waals surface area contributed by atoms with Crippen molar-refractivity contribution in [2.45, 2.75) is 32.2 Å². The van der Waals surface area contributed by atoms with Crippen LogP contribution in [0.1, 0.15) is 36.9 Å². The van der Waals surface area contributed by atoms with Crippen molar-refractivity contribution in [1.29, 1.82) is 0 Å². The molecule has 0 aliphatic carbocycles. The van der Waals surface area contributed by atoms with Gasteiger partial charge in [-0.1, -0.05) is 24.3 Å². The van der Waals surface area contributed by atoms with Crippen LogP contribution in [0.5, 0.6) is 0 Å². The van der Waals surface area contributed by atoms with E-state index in [9.17, 15) is 14.4 Å². The Kier molecular flexibility index (Phi) is 5.73. The van der Waals surface area contributed by atoms with E-state index in [1.165, 1.54) is 12.5 Å². The van der Waals surface area contributed by atoms with Crippen LogP contribution in [0.25, 0.3) is 0 Å². The molecule has 0 unspecified atom stereocenters. The van der Waals surface area contributed by atoms with E-state index in [1.54, 1.807) is 11.9 Å². The van der Waals surface area contributed by atoms with Crippen molar-refractivity contribution in [3.63, 3.8) is 0 Å². The smallest absolute Gasteiger partial charge is 0.222 e. The fourth-order valence-corrected chi connectivity index (χ4v) is 2.94. The van der Waals surface area contributed by atoms with Crippen molar-refractivity contribution in [1.82, 2.24) is 15.5 Å². The van der Waals surface area contributed by atoms with E-state index in [2.05, 4.69) is 10.6 Å². The minimum Gasteiger partial charge on any atom is -0.359 e. The molecule has 2 rings (SSSR count). The number of amides is 3. The second-order valence-corrected chi connectivity index (χ2v) is 5.65. The first-order chi connectivity index (χ1) is 11.0. The average molecular weight is 317 g/mol. The number of hydrogen-bond donors (Lipinski definition) is 2. The Morgan fingerprint density at radius 1 is 1.22 bits per heavy atom. The lowest BCUT2D eigenvalue weighted by molar-refractivity contribution is -0.133. The maximum atomic E-state index is 12.2. The maximum absolute atomic E-state index is 12.2. The summed E-state index contributed by atoms with van der Waals surface area (Å²) in [5.74, 6) is -0.289. The fraction of sp³-hybridized carbons (Fsp3) is 0.471. The van der Waals surface area contributed by atoms with Gasteiger partial charge in [-0.15, -0.1) is 0 Å². The molecule has 0 saturated heterocycles. The lowest BCUT2D eigenvalue weighted by Crippen LogP contribution is -2.41. The highest BCUT2D eigenvalue weighted by atomic mass is 16.2. The van der Waals surface area contributed by atoms with Gasteiger partial charge in [0.05, 0.1) is 12.5 Å². The van der Waals surface area contributed by atoms with Crippen LogP contribution in [0.15, 0.2) is 24.3 Å². The Balaban J connectivity index is 2.04. The molecule has 124 valence electrons. The fourth-order valence-electron chi connectivity index (χ4n) is 2.94. The van der Waals surface area contributed by atoms with E-state index in [0.29, 0.717) is 13.1 Å². The van der Waals surface area contributed by atoms with Gasteiger partial charge < -0.3 is 15.5 Å². The van der Waals surface area contributed by atoms with Gasteiger partial charge in [-0.05, 0) is 17.5 Å². The topological polar surface area (TPSA) is 78.5 Å². The summed E-state index contributed by atoms with van der Waals surface area (Å²) in [7, 11) is 1.56. The predicted octanol–water partition coefficient (Wildman–Crippen LogP) is 0.775. The van der Waals surface area contributed by atoms with E-state index in [-0.39, 0.29) is 36.6 Å². The molecule has 0 spiro atoms. The van der Waals surface area contributed by atoms with Gasteiger partial charge in [0, 0.05) is 33.5 Å². The lowest BCUT2D eigenvalue weighted by Gasteiger charge is -2.36. The molecule has 0 saturated carbocycles. The summed E-state index contributed by atoms with van der Waals surface area (Å²) in [5, 5.41) is 5.26. The van der Waals surface area contributed by atoms with Crippen molar-refractivity contribution in [3.05, 3.63) is 35.4 Å². The van der Waals surface area contributed by atoms with Crippen LogP contribution in [0, 0.1) is 0 Å². The van der Waals surface area contributed by atoms with Crippen LogP contribution in [-0.4, -0.2) is 42.8 Å². The van der Waals surface area contributed by atoms with E-state index in [4.69, 9.17) is 0 Å². The van der Waals surface area contributed by atoms with E-state index < -0.39 is 0 Å². The number of nitrogens with zero attached hydrogens (tertiary/aromatic N) is 1. The molecule has 0 aromatic heterocycles. The Morgan fingerprint density at radius 2 is 1.96 bits per heavy atom. The molecule has 1 aromatic rings. The molecule has 1 aliphatic heterocycles. The van der Waals surface area contributed by atoms with Crippen LogP contribution >= 0.6 is 0 Å². The number of rotatable bonds is 5. The Morgan fingerprint density at radius 3 is 2.65 bits per heavy atom. The molecule has 23 heavy (non-hydrogen) atoms. The van der Waals surface area contributed by atoms with E-state index >= 15 is 0 Å². The standard InChI is InChI=1S/C17H23N3O3/c1-12(21)20-10-8-13-5-3-4-6-14(13)15(20)11-17(23)19-9-7-16(22)18-2/h3-6,15H,7-11H2,1-2H3,(H,18,22)(H,19,23)/t15-/m0/s1. The second kappa shape index (κ2) is 7.76. The summed E-state index contributed by atoms with van der Waals surface area (Å²) < 4.78 is 0. The first kappa shape index (κ1) is 17.0. The first-order valence-electron chi connectivity index (χ1n) is 7.85. The summed E-state index contributed by atoms with van der Waals surface area (Å²) >= 11 is 0. The maximum Gasteiger partial charge on any atom is 0.222 e. The average Bonchev–Trinajstić information content (AvgIpc) is 2.54.